The summed E-state index contributed by atoms with van der Waals surface area (Å²) in [4.78, 5) is 17.0. The van der Waals surface area contributed by atoms with Crippen LogP contribution in [0.5, 0.6) is 5.75 Å². The van der Waals surface area contributed by atoms with Crippen molar-refractivity contribution >= 4 is 16.9 Å². The Morgan fingerprint density at radius 1 is 1.19 bits per heavy atom. The summed E-state index contributed by atoms with van der Waals surface area (Å²) in [5.41, 5.74) is 4.61. The van der Waals surface area contributed by atoms with Crippen molar-refractivity contribution in [1.29, 1.82) is 0 Å². The number of ether oxygens (including phenoxy) is 2. The van der Waals surface area contributed by atoms with E-state index in [4.69, 9.17) is 14.5 Å². The third kappa shape index (κ3) is 5.30. The normalized spacial score (nSPS) is 15.9. The molecule has 6 heteroatoms. The van der Waals surface area contributed by atoms with Crippen LogP contribution >= 0.6 is 0 Å². The molecule has 0 radical (unpaired) electrons. The molecule has 4 rings (SSSR count). The van der Waals surface area contributed by atoms with Crippen LogP contribution in [0.3, 0.4) is 0 Å². The van der Waals surface area contributed by atoms with Gasteiger partial charge in [0.1, 0.15) is 17.7 Å². The Morgan fingerprint density at radius 2 is 2.06 bits per heavy atom. The third-order valence-corrected chi connectivity index (χ3v) is 6.17. The fraction of sp³-hybridized carbons (Fsp3) is 0.462. The highest BCUT2D eigenvalue weighted by molar-refractivity contribution is 5.80. The summed E-state index contributed by atoms with van der Waals surface area (Å²) in [6.45, 7) is 7.04. The van der Waals surface area contributed by atoms with Crippen LogP contribution in [0.25, 0.3) is 11.0 Å². The lowest BCUT2D eigenvalue weighted by molar-refractivity contribution is -0.130. The predicted molar refractivity (Wildman–Crippen MR) is 126 cm³/mol. The van der Waals surface area contributed by atoms with Gasteiger partial charge in [-0.2, -0.15) is 0 Å². The molecular formula is C26H33N3O3. The number of nitrogens with zero attached hydrogens (tertiary/aromatic N) is 2. The maximum absolute atomic E-state index is 12.1. The molecule has 1 fully saturated rings. The summed E-state index contributed by atoms with van der Waals surface area (Å²) in [5, 5.41) is 3.01. The highest BCUT2D eigenvalue weighted by Gasteiger charge is 2.22. The van der Waals surface area contributed by atoms with E-state index in [0.29, 0.717) is 19.8 Å². The van der Waals surface area contributed by atoms with E-state index in [9.17, 15) is 4.79 Å². The molecule has 2 aromatic carbocycles. The molecule has 1 aliphatic rings. The second-order valence-electron chi connectivity index (χ2n) is 8.46. The molecule has 1 saturated heterocycles. The average molecular weight is 436 g/mol. The highest BCUT2D eigenvalue weighted by atomic mass is 16.5. The fourth-order valence-electron chi connectivity index (χ4n) is 4.21. The molecule has 1 amide bonds. The van der Waals surface area contributed by atoms with E-state index in [2.05, 4.69) is 48.0 Å². The first-order valence-electron chi connectivity index (χ1n) is 11.7. The molecule has 1 aliphatic heterocycles. The van der Waals surface area contributed by atoms with E-state index in [-0.39, 0.29) is 12.0 Å². The van der Waals surface area contributed by atoms with Crippen molar-refractivity contribution in [2.75, 3.05) is 19.8 Å². The molecular weight excluding hydrogens is 402 g/mol. The number of nitrogens with one attached hydrogen (secondary N) is 1. The van der Waals surface area contributed by atoms with Gasteiger partial charge in [0.05, 0.1) is 17.6 Å². The smallest absolute Gasteiger partial charge is 0.249 e. The minimum absolute atomic E-state index is 0.0135. The second kappa shape index (κ2) is 10.6. The van der Waals surface area contributed by atoms with Crippen LogP contribution in [-0.4, -0.2) is 41.3 Å². The van der Waals surface area contributed by atoms with Crippen molar-refractivity contribution in [2.24, 2.45) is 0 Å². The van der Waals surface area contributed by atoms with Gasteiger partial charge in [0.15, 0.2) is 0 Å². The number of carbonyl (C=O) groups excluding carboxylic acids is 1. The Labute approximate surface area is 189 Å². The zero-order valence-corrected chi connectivity index (χ0v) is 19.1. The number of aryl methyl sites for hydroxylation is 3. The van der Waals surface area contributed by atoms with Crippen LogP contribution in [-0.2, 0) is 22.5 Å². The topological polar surface area (TPSA) is 65.4 Å². The van der Waals surface area contributed by atoms with Crippen LogP contribution in [0.1, 0.15) is 42.6 Å². The number of imidazole rings is 1. The monoisotopic (exact) mass is 435 g/mol. The molecule has 170 valence electrons. The van der Waals surface area contributed by atoms with Gasteiger partial charge in [0.25, 0.3) is 0 Å². The predicted octanol–water partition coefficient (Wildman–Crippen LogP) is 4.35. The molecule has 1 unspecified atom stereocenters. The van der Waals surface area contributed by atoms with Crippen molar-refractivity contribution < 1.29 is 14.3 Å². The number of aromatic nitrogens is 2. The largest absolute Gasteiger partial charge is 0.493 e. The lowest BCUT2D eigenvalue weighted by atomic mass is 10.1. The number of benzene rings is 2. The molecule has 6 nitrogen and oxygen atoms in total. The fourth-order valence-corrected chi connectivity index (χ4v) is 4.21. The van der Waals surface area contributed by atoms with Gasteiger partial charge in [0, 0.05) is 26.1 Å². The van der Waals surface area contributed by atoms with Crippen molar-refractivity contribution in [2.45, 2.75) is 58.6 Å². The maximum Gasteiger partial charge on any atom is 0.249 e. The summed E-state index contributed by atoms with van der Waals surface area (Å²) in [6, 6.07) is 14.4. The number of hydrogen-bond donors (Lipinski definition) is 1. The summed E-state index contributed by atoms with van der Waals surface area (Å²) in [7, 11) is 0. The van der Waals surface area contributed by atoms with Crippen LogP contribution in [0.2, 0.25) is 0 Å². The quantitative estimate of drug-likeness (QED) is 0.481. The van der Waals surface area contributed by atoms with E-state index < -0.39 is 0 Å². The van der Waals surface area contributed by atoms with Crippen LogP contribution in [0, 0.1) is 13.8 Å². The molecule has 0 saturated carbocycles. The standard InChI is InChI=1S/C26H33N3O3/c1-19-9-5-12-23(20(19)2)31-18-8-16-29-22-11-4-3-10-21(22)28-25(29)14-6-15-27-26(30)24-13-7-17-32-24/h3-5,9-12,24H,6-8,13-18H2,1-2H3,(H,27,30). The molecule has 1 atom stereocenters. The number of amides is 1. The molecule has 1 N–H and O–H groups in total. The van der Waals surface area contributed by atoms with Gasteiger partial charge in [-0.3, -0.25) is 4.79 Å². The Bertz CT molecular complexity index is 1050. The Balaban J connectivity index is 1.32. The summed E-state index contributed by atoms with van der Waals surface area (Å²) < 4.78 is 13.8. The summed E-state index contributed by atoms with van der Waals surface area (Å²) in [6.07, 6.45) is 4.09. The van der Waals surface area contributed by atoms with Crippen LogP contribution < -0.4 is 10.1 Å². The Morgan fingerprint density at radius 3 is 2.91 bits per heavy atom. The summed E-state index contributed by atoms with van der Waals surface area (Å²) in [5.74, 6) is 2.03. The lowest BCUT2D eigenvalue weighted by Crippen LogP contribution is -2.34. The Hall–Kier alpha value is -2.86. The number of rotatable bonds is 10. The zero-order valence-electron chi connectivity index (χ0n) is 19.1. The van der Waals surface area contributed by atoms with E-state index >= 15 is 0 Å². The first-order valence-corrected chi connectivity index (χ1v) is 11.7. The first-order chi connectivity index (χ1) is 15.6. The van der Waals surface area contributed by atoms with Crippen molar-refractivity contribution in [1.82, 2.24) is 14.9 Å². The van der Waals surface area contributed by atoms with Crippen molar-refractivity contribution in [3.05, 3.63) is 59.4 Å². The van der Waals surface area contributed by atoms with Gasteiger partial charge in [-0.1, -0.05) is 24.3 Å². The van der Waals surface area contributed by atoms with E-state index in [1.165, 1.54) is 11.1 Å². The molecule has 32 heavy (non-hydrogen) atoms. The van der Waals surface area contributed by atoms with E-state index in [1.54, 1.807) is 0 Å². The maximum atomic E-state index is 12.1. The SMILES string of the molecule is Cc1cccc(OCCCn2c(CCCNC(=O)C3CCCO3)nc3ccccc32)c1C. The number of carbonyl (C=O) groups is 1. The van der Waals surface area contributed by atoms with Gasteiger partial charge < -0.3 is 19.4 Å². The Kier molecular flexibility index (Phi) is 7.43. The van der Waals surface area contributed by atoms with Crippen LogP contribution in [0.4, 0.5) is 0 Å². The third-order valence-electron chi connectivity index (χ3n) is 6.17. The number of fused-ring (bicyclic) bond motifs is 1. The van der Waals surface area contributed by atoms with Crippen molar-refractivity contribution in [3.63, 3.8) is 0 Å². The van der Waals surface area contributed by atoms with Crippen molar-refractivity contribution in [3.8, 4) is 5.75 Å². The zero-order chi connectivity index (χ0) is 22.3. The van der Waals surface area contributed by atoms with E-state index in [1.807, 2.05) is 18.2 Å². The molecule has 0 bridgehead atoms. The average Bonchev–Trinajstić information content (AvgIpc) is 3.45. The second-order valence-corrected chi connectivity index (χ2v) is 8.46. The van der Waals surface area contributed by atoms with Gasteiger partial charge in [0.2, 0.25) is 5.91 Å². The van der Waals surface area contributed by atoms with E-state index in [0.717, 1.165) is 61.3 Å². The molecule has 2 heterocycles. The molecule has 1 aromatic heterocycles. The number of para-hydroxylation sites is 2. The molecule has 0 spiro atoms. The van der Waals surface area contributed by atoms with Gasteiger partial charge in [-0.15, -0.1) is 0 Å². The molecule has 0 aliphatic carbocycles. The minimum atomic E-state index is -0.267. The molecule has 3 aromatic rings. The van der Waals surface area contributed by atoms with Gasteiger partial charge >= 0.3 is 0 Å². The van der Waals surface area contributed by atoms with Gasteiger partial charge in [-0.25, -0.2) is 4.98 Å². The number of hydrogen-bond acceptors (Lipinski definition) is 4. The first kappa shape index (κ1) is 22.3. The van der Waals surface area contributed by atoms with Gasteiger partial charge in [-0.05, 0) is 68.9 Å². The van der Waals surface area contributed by atoms with Crippen LogP contribution in [0.15, 0.2) is 42.5 Å². The minimum Gasteiger partial charge on any atom is -0.493 e. The highest BCUT2D eigenvalue weighted by Crippen LogP contribution is 2.21. The summed E-state index contributed by atoms with van der Waals surface area (Å²) >= 11 is 0. The lowest BCUT2D eigenvalue weighted by Gasteiger charge is -2.13.